The van der Waals surface area contributed by atoms with Crippen molar-refractivity contribution in [1.29, 1.82) is 0 Å². The van der Waals surface area contributed by atoms with Gasteiger partial charge in [-0.2, -0.15) is 5.10 Å². The number of pyridine rings is 1. The zero-order valence-electron chi connectivity index (χ0n) is 19.1. The van der Waals surface area contributed by atoms with E-state index in [-0.39, 0.29) is 11.9 Å². The number of aromatic nitrogens is 5. The fraction of sp³-hybridized carbons (Fsp3) is 0.458. The minimum atomic E-state index is -0.0190. The largest absolute Gasteiger partial charge is 0.350 e. The number of amides is 1. The smallest absolute Gasteiger partial charge is 0.274 e. The van der Waals surface area contributed by atoms with E-state index in [2.05, 4.69) is 48.8 Å². The molecule has 9 heteroatoms. The molecule has 170 valence electrons. The highest BCUT2D eigenvalue weighted by atomic mass is 16.2. The molecule has 0 N–H and O–H groups in total. The summed E-state index contributed by atoms with van der Waals surface area (Å²) in [6.45, 7) is 8.37. The standard InChI is InChI=1S/C24H28N8O/c1-16-12-21(24(33)30-11-5-17(30)2)27-28-23(16)29-10-6-20-18(15-29)13-19(14-25-20)31-8-3-9-32-22(31)4-7-26-32/h4,7,12-14,17H,3,5-6,8-11,15H2,1-2H3. The second-order valence-corrected chi connectivity index (χ2v) is 9.26. The Morgan fingerprint density at radius 1 is 1.12 bits per heavy atom. The van der Waals surface area contributed by atoms with Gasteiger partial charge >= 0.3 is 0 Å². The van der Waals surface area contributed by atoms with Crippen LogP contribution in [0.1, 0.15) is 47.1 Å². The maximum absolute atomic E-state index is 12.7. The molecule has 1 amide bonds. The van der Waals surface area contributed by atoms with Gasteiger partial charge in [0, 0.05) is 56.9 Å². The van der Waals surface area contributed by atoms with Gasteiger partial charge in [-0.05, 0) is 49.9 Å². The van der Waals surface area contributed by atoms with E-state index in [0.29, 0.717) is 5.69 Å². The predicted octanol–water partition coefficient (Wildman–Crippen LogP) is 2.72. The first-order valence-corrected chi connectivity index (χ1v) is 11.8. The van der Waals surface area contributed by atoms with Crippen LogP contribution in [0.3, 0.4) is 0 Å². The van der Waals surface area contributed by atoms with E-state index >= 15 is 0 Å². The van der Waals surface area contributed by atoms with Crippen LogP contribution >= 0.6 is 0 Å². The number of carbonyl (C=O) groups excluding carboxylic acids is 1. The zero-order valence-corrected chi connectivity index (χ0v) is 19.1. The first-order chi connectivity index (χ1) is 16.1. The highest BCUT2D eigenvalue weighted by Crippen LogP contribution is 2.32. The summed E-state index contributed by atoms with van der Waals surface area (Å²) >= 11 is 0. The summed E-state index contributed by atoms with van der Waals surface area (Å²) in [5.41, 5.74) is 4.88. The number of rotatable bonds is 3. The fourth-order valence-corrected chi connectivity index (χ4v) is 5.08. The van der Waals surface area contributed by atoms with Gasteiger partial charge in [-0.15, -0.1) is 10.2 Å². The molecular formula is C24H28N8O. The van der Waals surface area contributed by atoms with Crippen LogP contribution in [0.25, 0.3) is 0 Å². The molecule has 3 aromatic heterocycles. The SMILES string of the molecule is Cc1cc(C(=O)N2CCC2C)nnc1N1CCc2ncc(N3CCCn4nccc43)cc2C1. The van der Waals surface area contributed by atoms with Crippen LogP contribution in [0.5, 0.6) is 0 Å². The number of aryl methyl sites for hydroxylation is 2. The Hall–Kier alpha value is -3.49. The average molecular weight is 445 g/mol. The molecule has 0 aliphatic carbocycles. The lowest BCUT2D eigenvalue weighted by Crippen LogP contribution is -2.49. The highest BCUT2D eigenvalue weighted by Gasteiger charge is 2.31. The third-order valence-corrected chi connectivity index (χ3v) is 7.12. The first kappa shape index (κ1) is 20.1. The van der Waals surface area contributed by atoms with E-state index in [1.165, 1.54) is 5.56 Å². The summed E-state index contributed by atoms with van der Waals surface area (Å²) in [5, 5.41) is 13.2. The predicted molar refractivity (Wildman–Crippen MR) is 125 cm³/mol. The van der Waals surface area contributed by atoms with Crippen molar-refractivity contribution in [2.75, 3.05) is 29.4 Å². The van der Waals surface area contributed by atoms with E-state index < -0.39 is 0 Å². The minimum absolute atomic E-state index is 0.0190. The van der Waals surface area contributed by atoms with Gasteiger partial charge in [-0.3, -0.25) is 9.78 Å². The van der Waals surface area contributed by atoms with Crippen molar-refractivity contribution in [3.05, 3.63) is 53.1 Å². The van der Waals surface area contributed by atoms with Crippen LogP contribution in [-0.4, -0.2) is 61.4 Å². The van der Waals surface area contributed by atoms with Gasteiger partial charge in [-0.25, -0.2) is 4.68 Å². The van der Waals surface area contributed by atoms with Gasteiger partial charge in [0.05, 0.1) is 18.1 Å². The molecule has 1 fully saturated rings. The molecule has 3 aliphatic rings. The Morgan fingerprint density at radius 3 is 2.82 bits per heavy atom. The number of fused-ring (bicyclic) bond motifs is 2. The van der Waals surface area contributed by atoms with Crippen LogP contribution in [0.2, 0.25) is 0 Å². The molecule has 0 spiro atoms. The number of nitrogens with zero attached hydrogens (tertiary/aromatic N) is 8. The topological polar surface area (TPSA) is 83.3 Å². The van der Waals surface area contributed by atoms with Crippen LogP contribution in [-0.2, 0) is 19.5 Å². The summed E-state index contributed by atoms with van der Waals surface area (Å²) in [6.07, 6.45) is 6.83. The number of anilines is 3. The van der Waals surface area contributed by atoms with Crippen LogP contribution in [0, 0.1) is 6.92 Å². The number of hydrogen-bond acceptors (Lipinski definition) is 7. The van der Waals surface area contributed by atoms with Crippen LogP contribution < -0.4 is 9.80 Å². The lowest BCUT2D eigenvalue weighted by Gasteiger charge is -2.38. The van der Waals surface area contributed by atoms with Crippen molar-refractivity contribution >= 4 is 23.2 Å². The second-order valence-electron chi connectivity index (χ2n) is 9.26. The quantitative estimate of drug-likeness (QED) is 0.614. The molecule has 0 radical (unpaired) electrons. The van der Waals surface area contributed by atoms with E-state index in [0.717, 1.165) is 80.6 Å². The van der Waals surface area contributed by atoms with Gasteiger partial charge in [-0.1, -0.05) is 0 Å². The molecule has 33 heavy (non-hydrogen) atoms. The van der Waals surface area contributed by atoms with Crippen molar-refractivity contribution in [2.24, 2.45) is 0 Å². The summed E-state index contributed by atoms with van der Waals surface area (Å²) in [6, 6.07) is 6.49. The van der Waals surface area contributed by atoms with E-state index in [1.54, 1.807) is 0 Å². The Balaban J connectivity index is 1.24. The molecule has 1 atom stereocenters. The van der Waals surface area contributed by atoms with Crippen molar-refractivity contribution in [1.82, 2.24) is 29.9 Å². The maximum atomic E-state index is 12.7. The molecule has 0 aromatic carbocycles. The zero-order chi connectivity index (χ0) is 22.5. The first-order valence-electron chi connectivity index (χ1n) is 11.8. The molecule has 3 aromatic rings. The van der Waals surface area contributed by atoms with Crippen LogP contribution in [0.4, 0.5) is 17.3 Å². The van der Waals surface area contributed by atoms with E-state index in [9.17, 15) is 4.79 Å². The van der Waals surface area contributed by atoms with Gasteiger partial charge in [0.1, 0.15) is 5.82 Å². The third kappa shape index (κ3) is 3.42. The second kappa shape index (κ2) is 7.83. The molecule has 6 rings (SSSR count). The molecular weight excluding hydrogens is 416 g/mol. The molecule has 1 unspecified atom stereocenters. The Bertz CT molecular complexity index is 1220. The number of carbonyl (C=O) groups is 1. The van der Waals surface area contributed by atoms with Gasteiger partial charge in [0.2, 0.25) is 0 Å². The Morgan fingerprint density at radius 2 is 2.03 bits per heavy atom. The summed E-state index contributed by atoms with van der Waals surface area (Å²) < 4.78 is 2.05. The molecule has 6 heterocycles. The average Bonchev–Trinajstić information content (AvgIpc) is 3.31. The molecule has 0 bridgehead atoms. The van der Waals surface area contributed by atoms with Crippen LogP contribution in [0.15, 0.2) is 30.6 Å². The Labute approximate surface area is 193 Å². The minimum Gasteiger partial charge on any atom is -0.350 e. The van der Waals surface area contributed by atoms with E-state index in [1.807, 2.05) is 30.3 Å². The van der Waals surface area contributed by atoms with Gasteiger partial charge < -0.3 is 14.7 Å². The molecule has 1 saturated heterocycles. The van der Waals surface area contributed by atoms with Crippen molar-refractivity contribution in [3.8, 4) is 0 Å². The third-order valence-electron chi connectivity index (χ3n) is 7.12. The fourth-order valence-electron chi connectivity index (χ4n) is 5.08. The van der Waals surface area contributed by atoms with Gasteiger partial charge in [0.25, 0.3) is 5.91 Å². The lowest BCUT2D eigenvalue weighted by atomic mass is 10.0. The molecule has 9 nitrogen and oxygen atoms in total. The number of hydrogen-bond donors (Lipinski definition) is 0. The van der Waals surface area contributed by atoms with Crippen molar-refractivity contribution in [2.45, 2.75) is 52.2 Å². The maximum Gasteiger partial charge on any atom is 0.274 e. The summed E-state index contributed by atoms with van der Waals surface area (Å²) in [7, 11) is 0. The van der Waals surface area contributed by atoms with Crippen molar-refractivity contribution < 1.29 is 4.79 Å². The monoisotopic (exact) mass is 444 g/mol. The van der Waals surface area contributed by atoms with Gasteiger partial charge in [0.15, 0.2) is 11.5 Å². The van der Waals surface area contributed by atoms with E-state index in [4.69, 9.17) is 4.98 Å². The molecule has 3 aliphatic heterocycles. The Kier molecular flexibility index (Phi) is 4.78. The highest BCUT2D eigenvalue weighted by molar-refractivity contribution is 5.93. The molecule has 0 saturated carbocycles. The van der Waals surface area contributed by atoms with Crippen molar-refractivity contribution in [3.63, 3.8) is 0 Å². The normalized spacial score (nSPS) is 19.7. The summed E-state index contributed by atoms with van der Waals surface area (Å²) in [4.78, 5) is 23.9. The number of likely N-dealkylation sites (tertiary alicyclic amines) is 1. The lowest BCUT2D eigenvalue weighted by molar-refractivity contribution is 0.0494. The summed E-state index contributed by atoms with van der Waals surface area (Å²) in [5.74, 6) is 1.94.